The predicted octanol–water partition coefficient (Wildman–Crippen LogP) is 5.61. The van der Waals surface area contributed by atoms with Gasteiger partial charge in [0.1, 0.15) is 17.0 Å². The predicted molar refractivity (Wildman–Crippen MR) is 183 cm³/mol. The number of amides is 2. The molecule has 2 aromatic rings. The molecule has 2 saturated heterocycles. The van der Waals surface area contributed by atoms with Crippen LogP contribution < -0.4 is 10.2 Å². The minimum Gasteiger partial charge on any atom is -0.465 e. The van der Waals surface area contributed by atoms with Crippen molar-refractivity contribution in [3.8, 4) is 0 Å². The summed E-state index contributed by atoms with van der Waals surface area (Å²) < 4.78 is 32.0. The summed E-state index contributed by atoms with van der Waals surface area (Å²) in [6, 6.07) is 12.5. The highest BCUT2D eigenvalue weighted by molar-refractivity contribution is 5.90. The molecule has 0 saturated carbocycles. The van der Waals surface area contributed by atoms with Gasteiger partial charge in [-0.3, -0.25) is 0 Å². The van der Waals surface area contributed by atoms with Crippen molar-refractivity contribution in [2.24, 2.45) is 0 Å². The quantitative estimate of drug-likeness (QED) is 0.324. The van der Waals surface area contributed by atoms with E-state index in [4.69, 9.17) is 14.2 Å². The van der Waals surface area contributed by atoms with Gasteiger partial charge in [0.15, 0.2) is 0 Å². The fourth-order valence-electron chi connectivity index (χ4n) is 4.28. The fourth-order valence-corrected chi connectivity index (χ4v) is 4.28. The highest BCUT2D eigenvalue weighted by atomic mass is 19.1. The van der Waals surface area contributed by atoms with Gasteiger partial charge in [-0.05, 0) is 90.1 Å². The molecule has 2 heterocycles. The molecule has 0 atom stereocenters. The SMILES string of the molecule is C.CC(C)(C)OC(=O)N1CCNCC1.COC(=O)c1ccc(F)cc1.COC(=O)c1ccc(N2CCN(C(=O)OC(C)(C)C)CC2)cc1. The molecule has 12 nitrogen and oxygen atoms in total. The number of piperazine rings is 2. The molecule has 0 aromatic heterocycles. The van der Waals surface area contributed by atoms with E-state index in [0.29, 0.717) is 24.2 Å². The van der Waals surface area contributed by atoms with Gasteiger partial charge in [-0.25, -0.2) is 23.6 Å². The van der Waals surface area contributed by atoms with Crippen molar-refractivity contribution in [3.63, 3.8) is 0 Å². The number of ether oxygens (including phenoxy) is 4. The van der Waals surface area contributed by atoms with Crippen molar-refractivity contribution < 1.29 is 42.5 Å². The van der Waals surface area contributed by atoms with E-state index in [1.165, 1.54) is 38.5 Å². The fraction of sp³-hybridized carbons (Fsp3) is 0.543. The lowest BCUT2D eigenvalue weighted by Crippen LogP contribution is -2.50. The molecule has 2 aliphatic heterocycles. The van der Waals surface area contributed by atoms with E-state index in [2.05, 4.69) is 15.0 Å². The van der Waals surface area contributed by atoms with Crippen LogP contribution in [-0.2, 0) is 18.9 Å². The Balaban J connectivity index is 0.000000391. The van der Waals surface area contributed by atoms with Gasteiger partial charge in [0.2, 0.25) is 0 Å². The zero-order valence-electron chi connectivity index (χ0n) is 28.8. The molecular formula is C35H53FN4O8. The van der Waals surface area contributed by atoms with Crippen molar-refractivity contribution >= 4 is 29.8 Å². The first-order chi connectivity index (χ1) is 22.0. The summed E-state index contributed by atoms with van der Waals surface area (Å²) in [6.07, 6.45) is -0.466. The number of esters is 2. The number of benzene rings is 2. The Kier molecular flexibility index (Phi) is 16.9. The van der Waals surface area contributed by atoms with E-state index in [0.717, 1.165) is 45.0 Å². The normalized spacial score (nSPS) is 14.5. The number of nitrogens with zero attached hydrogens (tertiary/aromatic N) is 3. The number of rotatable bonds is 3. The molecule has 48 heavy (non-hydrogen) atoms. The maximum absolute atomic E-state index is 12.3. The highest BCUT2D eigenvalue weighted by Gasteiger charge is 2.26. The highest BCUT2D eigenvalue weighted by Crippen LogP contribution is 2.19. The van der Waals surface area contributed by atoms with Crippen molar-refractivity contribution in [3.05, 3.63) is 65.5 Å². The lowest BCUT2D eigenvalue weighted by atomic mass is 10.2. The van der Waals surface area contributed by atoms with Crippen LogP contribution in [0.1, 0.15) is 69.7 Å². The maximum Gasteiger partial charge on any atom is 0.410 e. The van der Waals surface area contributed by atoms with Crippen LogP contribution in [0.4, 0.5) is 19.7 Å². The van der Waals surface area contributed by atoms with E-state index in [9.17, 15) is 23.6 Å². The summed E-state index contributed by atoms with van der Waals surface area (Å²) in [5, 5.41) is 3.18. The topological polar surface area (TPSA) is 127 Å². The van der Waals surface area contributed by atoms with Gasteiger partial charge in [0.05, 0.1) is 25.3 Å². The summed E-state index contributed by atoms with van der Waals surface area (Å²) in [6.45, 7) is 17.2. The van der Waals surface area contributed by atoms with Gasteiger partial charge in [-0.15, -0.1) is 0 Å². The molecule has 2 amide bonds. The monoisotopic (exact) mass is 676 g/mol. The molecule has 4 rings (SSSR count). The number of hydrogen-bond donors (Lipinski definition) is 1. The van der Waals surface area contributed by atoms with E-state index in [1.54, 1.807) is 21.9 Å². The smallest absolute Gasteiger partial charge is 0.410 e. The maximum atomic E-state index is 12.3. The van der Waals surface area contributed by atoms with Crippen LogP contribution in [-0.4, -0.2) is 112 Å². The third-order valence-electron chi connectivity index (χ3n) is 6.62. The molecule has 0 bridgehead atoms. The lowest BCUT2D eigenvalue weighted by Gasteiger charge is -2.36. The van der Waals surface area contributed by atoms with Gasteiger partial charge in [0.25, 0.3) is 0 Å². The number of methoxy groups -OCH3 is 2. The minimum atomic E-state index is -0.474. The van der Waals surface area contributed by atoms with E-state index >= 15 is 0 Å². The lowest BCUT2D eigenvalue weighted by molar-refractivity contribution is 0.0223. The van der Waals surface area contributed by atoms with Crippen molar-refractivity contribution in [2.45, 2.75) is 60.2 Å². The summed E-state index contributed by atoms with van der Waals surface area (Å²) in [5.74, 6) is -1.16. The van der Waals surface area contributed by atoms with E-state index in [1.807, 2.05) is 53.7 Å². The largest absolute Gasteiger partial charge is 0.465 e. The van der Waals surface area contributed by atoms with Gasteiger partial charge >= 0.3 is 24.1 Å². The van der Waals surface area contributed by atoms with Gasteiger partial charge in [0, 0.05) is 58.0 Å². The Bertz CT molecular complexity index is 1290. The Hall–Kier alpha value is -4.39. The summed E-state index contributed by atoms with van der Waals surface area (Å²) in [5.41, 5.74) is 1.05. The number of nitrogens with one attached hydrogen (secondary N) is 1. The van der Waals surface area contributed by atoms with Crippen LogP contribution in [0.15, 0.2) is 48.5 Å². The van der Waals surface area contributed by atoms with E-state index in [-0.39, 0.29) is 37.0 Å². The Labute approximate surface area is 284 Å². The molecule has 2 aliphatic rings. The summed E-state index contributed by atoms with van der Waals surface area (Å²) >= 11 is 0. The van der Waals surface area contributed by atoms with Crippen LogP contribution in [0.5, 0.6) is 0 Å². The molecule has 0 radical (unpaired) electrons. The Morgan fingerprint density at radius 3 is 1.38 bits per heavy atom. The average Bonchev–Trinajstić information content (AvgIpc) is 3.04. The van der Waals surface area contributed by atoms with Gasteiger partial charge < -0.3 is 39.0 Å². The number of halogens is 1. The third kappa shape index (κ3) is 15.0. The molecular weight excluding hydrogens is 623 g/mol. The zero-order chi connectivity index (χ0) is 35.2. The Morgan fingerprint density at radius 1 is 0.625 bits per heavy atom. The van der Waals surface area contributed by atoms with Crippen molar-refractivity contribution in [1.82, 2.24) is 15.1 Å². The second-order valence-electron chi connectivity index (χ2n) is 12.7. The van der Waals surface area contributed by atoms with Crippen molar-refractivity contribution in [1.29, 1.82) is 0 Å². The average molecular weight is 677 g/mol. The second-order valence-corrected chi connectivity index (χ2v) is 12.7. The number of anilines is 1. The summed E-state index contributed by atoms with van der Waals surface area (Å²) in [7, 11) is 2.65. The first kappa shape index (κ1) is 41.6. The molecule has 0 spiro atoms. The summed E-state index contributed by atoms with van der Waals surface area (Å²) in [4.78, 5) is 51.4. The number of hydrogen-bond acceptors (Lipinski definition) is 10. The first-order valence-electron chi connectivity index (χ1n) is 15.5. The third-order valence-corrected chi connectivity index (χ3v) is 6.62. The van der Waals surface area contributed by atoms with Crippen LogP contribution in [0, 0.1) is 5.82 Å². The van der Waals surface area contributed by atoms with Crippen molar-refractivity contribution in [2.75, 3.05) is 71.5 Å². The molecule has 2 fully saturated rings. The van der Waals surface area contributed by atoms with Gasteiger partial charge in [-0.1, -0.05) is 7.43 Å². The number of carbonyl (C=O) groups excluding carboxylic acids is 4. The molecule has 0 unspecified atom stereocenters. The zero-order valence-corrected chi connectivity index (χ0v) is 28.8. The minimum absolute atomic E-state index is 0. The molecule has 268 valence electrons. The van der Waals surface area contributed by atoms with E-state index < -0.39 is 11.6 Å². The van der Waals surface area contributed by atoms with Crippen LogP contribution in [0.25, 0.3) is 0 Å². The first-order valence-corrected chi connectivity index (χ1v) is 15.5. The van der Waals surface area contributed by atoms with Crippen LogP contribution in [0.2, 0.25) is 0 Å². The van der Waals surface area contributed by atoms with Crippen LogP contribution in [0.3, 0.4) is 0 Å². The molecule has 0 aliphatic carbocycles. The standard InChI is InChI=1S/C17H24N2O4.C9H18N2O2.C8H7FO2.CH4/c1-17(2,3)23-16(21)19-11-9-18(10-12-19)14-7-5-13(6-8-14)15(20)22-4;1-9(2,3)13-8(12)11-6-4-10-5-7-11;1-11-8(10)6-2-4-7(9)5-3-6;/h5-8H,9-12H2,1-4H3;10H,4-7H2,1-3H3;2-5H,1H3;1H4. The second kappa shape index (κ2) is 19.4. The van der Waals surface area contributed by atoms with Gasteiger partial charge in [-0.2, -0.15) is 0 Å². The molecule has 1 N–H and O–H groups in total. The molecule has 13 heteroatoms. The van der Waals surface area contributed by atoms with Crippen LogP contribution >= 0.6 is 0 Å². The molecule has 2 aromatic carbocycles. The Morgan fingerprint density at radius 2 is 1.00 bits per heavy atom. The number of carbonyl (C=O) groups is 4.